The third-order valence-corrected chi connectivity index (χ3v) is 5.95. The number of carbonyl (C=O) groups excluding carboxylic acids is 2. The summed E-state index contributed by atoms with van der Waals surface area (Å²) >= 11 is 1.42. The maximum Gasteiger partial charge on any atom is 0.281 e. The predicted octanol–water partition coefficient (Wildman–Crippen LogP) is 4.61. The van der Waals surface area contributed by atoms with E-state index in [2.05, 4.69) is 15.3 Å². The van der Waals surface area contributed by atoms with Crippen molar-refractivity contribution >= 4 is 23.2 Å². The molecular weight excluding hydrogens is 448 g/mol. The molecule has 7 nitrogen and oxygen atoms in total. The molecule has 0 aliphatic rings. The summed E-state index contributed by atoms with van der Waals surface area (Å²) in [6.07, 6.45) is 2.79. The van der Waals surface area contributed by atoms with Crippen LogP contribution in [-0.2, 0) is 11.3 Å². The number of aryl methyl sites for hydroxylation is 1. The molecule has 1 aromatic carbocycles. The molecule has 180 valence electrons. The van der Waals surface area contributed by atoms with E-state index in [-0.39, 0.29) is 11.8 Å². The predicted molar refractivity (Wildman–Crippen MR) is 135 cm³/mol. The number of carbonyl (C=O) groups is 2. The molecule has 2 aromatic heterocycles. The number of pyridine rings is 1. The molecule has 2 heterocycles. The summed E-state index contributed by atoms with van der Waals surface area (Å²) < 4.78 is 7.59. The number of nitrogens with zero attached hydrogens (tertiary/aromatic N) is 3. The van der Waals surface area contributed by atoms with Crippen LogP contribution in [0.3, 0.4) is 0 Å². The van der Waals surface area contributed by atoms with Gasteiger partial charge in [0, 0.05) is 36.8 Å². The summed E-state index contributed by atoms with van der Waals surface area (Å²) in [6, 6.07) is 11.4. The molecule has 34 heavy (non-hydrogen) atoms. The Balaban J connectivity index is 1.85. The third kappa shape index (κ3) is 7.12. The van der Waals surface area contributed by atoms with Crippen LogP contribution in [0.25, 0.3) is 11.3 Å². The lowest BCUT2D eigenvalue weighted by Gasteiger charge is -2.11. The maximum atomic E-state index is 12.8. The van der Waals surface area contributed by atoms with Crippen molar-refractivity contribution < 1.29 is 14.3 Å². The Morgan fingerprint density at radius 2 is 1.94 bits per heavy atom. The van der Waals surface area contributed by atoms with E-state index in [0.717, 1.165) is 29.1 Å². The van der Waals surface area contributed by atoms with E-state index >= 15 is 0 Å². The Kier molecular flexibility index (Phi) is 9.16. The van der Waals surface area contributed by atoms with Crippen LogP contribution in [-0.4, -0.2) is 34.5 Å². The molecule has 3 rings (SSSR count). The Morgan fingerprint density at radius 1 is 1.18 bits per heavy atom. The lowest BCUT2D eigenvalue weighted by atomic mass is 10.1. The van der Waals surface area contributed by atoms with Crippen LogP contribution >= 0.6 is 11.3 Å². The molecule has 2 amide bonds. The highest BCUT2D eigenvalue weighted by Gasteiger charge is 2.12. The Labute approximate surface area is 204 Å². The molecule has 0 saturated heterocycles. The van der Waals surface area contributed by atoms with E-state index in [1.165, 1.54) is 11.3 Å². The number of hydrogen-bond donors (Lipinski definition) is 1. The number of ether oxygens (including phenoxy) is 1. The number of thiazole rings is 1. The van der Waals surface area contributed by atoms with Crippen molar-refractivity contribution in [3.05, 3.63) is 64.0 Å². The van der Waals surface area contributed by atoms with Gasteiger partial charge in [-0.3, -0.25) is 14.6 Å². The average Bonchev–Trinajstić information content (AvgIpc) is 3.19. The van der Waals surface area contributed by atoms with Gasteiger partial charge in [0.25, 0.3) is 5.91 Å². The minimum Gasteiger partial charge on any atom is -0.494 e. The van der Waals surface area contributed by atoms with E-state index in [1.54, 1.807) is 18.3 Å². The molecule has 0 bridgehead atoms. The molecule has 0 unspecified atom stereocenters. The van der Waals surface area contributed by atoms with Crippen molar-refractivity contribution in [1.82, 2.24) is 14.9 Å². The van der Waals surface area contributed by atoms with Crippen LogP contribution in [0.1, 0.15) is 49.7 Å². The second-order valence-electron chi connectivity index (χ2n) is 8.42. The van der Waals surface area contributed by atoms with Gasteiger partial charge < -0.3 is 14.6 Å². The highest BCUT2D eigenvalue weighted by Crippen LogP contribution is 2.23. The van der Waals surface area contributed by atoms with Crippen molar-refractivity contribution in [1.29, 1.82) is 0 Å². The first-order valence-corrected chi connectivity index (χ1v) is 12.4. The quantitative estimate of drug-likeness (QED) is 0.429. The first-order valence-electron chi connectivity index (χ1n) is 11.6. The first kappa shape index (κ1) is 25.4. The number of benzene rings is 1. The van der Waals surface area contributed by atoms with Crippen LogP contribution in [0.15, 0.2) is 53.0 Å². The van der Waals surface area contributed by atoms with Gasteiger partial charge in [-0.2, -0.15) is 4.99 Å². The number of hydrogen-bond acceptors (Lipinski definition) is 5. The Morgan fingerprint density at radius 3 is 2.59 bits per heavy atom. The summed E-state index contributed by atoms with van der Waals surface area (Å²) in [5.41, 5.74) is 3.28. The van der Waals surface area contributed by atoms with Gasteiger partial charge in [-0.05, 0) is 68.1 Å². The normalized spacial score (nSPS) is 11.6. The van der Waals surface area contributed by atoms with Crippen LogP contribution in [0, 0.1) is 12.8 Å². The second-order valence-corrected chi connectivity index (χ2v) is 9.26. The lowest BCUT2D eigenvalue weighted by molar-refractivity contribution is -0.121. The summed E-state index contributed by atoms with van der Waals surface area (Å²) in [5.74, 6) is 0.869. The standard InChI is InChI=1S/C26H32N4O3S/c1-5-33-22-11-9-20(10-12-22)23-17-34-26(29-25(32)21-8-7-19(4)28-16-21)30(23)14-6-13-27-24(31)15-18(2)3/h7-12,16-18H,5-6,13-15H2,1-4H3,(H,27,31). The van der Waals surface area contributed by atoms with Crippen molar-refractivity contribution in [2.45, 2.75) is 47.1 Å². The molecule has 1 N–H and O–H groups in total. The monoisotopic (exact) mass is 480 g/mol. The average molecular weight is 481 g/mol. The highest BCUT2D eigenvalue weighted by atomic mass is 32.1. The first-order chi connectivity index (χ1) is 16.4. The SMILES string of the molecule is CCOc1ccc(-c2csc(=NC(=O)c3ccc(C)nc3)n2CCCNC(=O)CC(C)C)cc1. The zero-order chi connectivity index (χ0) is 24.5. The molecule has 0 fully saturated rings. The Hall–Kier alpha value is -3.26. The summed E-state index contributed by atoms with van der Waals surface area (Å²) in [5, 5.41) is 4.98. The van der Waals surface area contributed by atoms with Gasteiger partial charge >= 0.3 is 0 Å². The summed E-state index contributed by atoms with van der Waals surface area (Å²) in [4.78, 5) is 34.0. The zero-order valence-corrected chi connectivity index (χ0v) is 21.0. The molecule has 0 saturated carbocycles. The minimum atomic E-state index is -0.327. The summed E-state index contributed by atoms with van der Waals surface area (Å²) in [7, 11) is 0. The van der Waals surface area contributed by atoms with Crippen molar-refractivity contribution in [2.24, 2.45) is 10.9 Å². The van der Waals surface area contributed by atoms with E-state index in [4.69, 9.17) is 4.74 Å². The molecule has 8 heteroatoms. The number of nitrogens with one attached hydrogen (secondary N) is 1. The molecular formula is C26H32N4O3S. The van der Waals surface area contributed by atoms with Crippen molar-refractivity contribution in [3.8, 4) is 17.0 Å². The van der Waals surface area contributed by atoms with Crippen LogP contribution < -0.4 is 14.9 Å². The smallest absolute Gasteiger partial charge is 0.281 e. The minimum absolute atomic E-state index is 0.0593. The fraction of sp³-hybridized carbons (Fsp3) is 0.385. The summed E-state index contributed by atoms with van der Waals surface area (Å²) in [6.45, 7) is 9.67. The van der Waals surface area contributed by atoms with Gasteiger partial charge in [-0.15, -0.1) is 11.3 Å². The molecule has 3 aromatic rings. The van der Waals surface area contributed by atoms with Gasteiger partial charge in [-0.1, -0.05) is 13.8 Å². The number of rotatable bonds is 10. The van der Waals surface area contributed by atoms with Gasteiger partial charge in [0.1, 0.15) is 5.75 Å². The van der Waals surface area contributed by atoms with E-state index in [1.807, 2.05) is 61.9 Å². The third-order valence-electron chi connectivity index (χ3n) is 5.09. The van der Waals surface area contributed by atoms with Crippen LogP contribution in [0.4, 0.5) is 0 Å². The second kappa shape index (κ2) is 12.3. The van der Waals surface area contributed by atoms with Crippen LogP contribution in [0.2, 0.25) is 0 Å². The molecule has 0 aliphatic heterocycles. The molecule has 0 atom stereocenters. The van der Waals surface area contributed by atoms with E-state index in [9.17, 15) is 9.59 Å². The fourth-order valence-electron chi connectivity index (χ4n) is 3.41. The van der Waals surface area contributed by atoms with E-state index < -0.39 is 0 Å². The van der Waals surface area contributed by atoms with Gasteiger partial charge in [-0.25, -0.2) is 0 Å². The van der Waals surface area contributed by atoms with Gasteiger partial charge in [0.05, 0.1) is 17.9 Å². The Bertz CT molecular complexity index is 1160. The highest BCUT2D eigenvalue weighted by molar-refractivity contribution is 7.07. The topological polar surface area (TPSA) is 85.6 Å². The van der Waals surface area contributed by atoms with E-state index in [0.29, 0.717) is 42.4 Å². The maximum absolute atomic E-state index is 12.8. The number of amides is 2. The molecule has 0 radical (unpaired) electrons. The molecule has 0 spiro atoms. The largest absolute Gasteiger partial charge is 0.494 e. The van der Waals surface area contributed by atoms with Crippen molar-refractivity contribution in [3.63, 3.8) is 0 Å². The van der Waals surface area contributed by atoms with Crippen LogP contribution in [0.5, 0.6) is 5.75 Å². The van der Waals surface area contributed by atoms with Gasteiger partial charge in [0.15, 0.2) is 4.80 Å². The fourth-order valence-corrected chi connectivity index (χ4v) is 4.34. The van der Waals surface area contributed by atoms with Gasteiger partial charge in [0.2, 0.25) is 5.91 Å². The molecule has 0 aliphatic carbocycles. The number of aromatic nitrogens is 2. The lowest BCUT2D eigenvalue weighted by Crippen LogP contribution is -2.27. The van der Waals surface area contributed by atoms with Crippen molar-refractivity contribution in [2.75, 3.05) is 13.2 Å². The zero-order valence-electron chi connectivity index (χ0n) is 20.2.